The number of nitrogens with zero attached hydrogens (tertiary/aromatic N) is 1. The molecule has 2 amide bonds. The minimum atomic E-state index is -0.755. The number of hydrazone groups is 1. The van der Waals surface area contributed by atoms with E-state index in [1.165, 1.54) is 6.21 Å². The van der Waals surface area contributed by atoms with Gasteiger partial charge in [-0.3, -0.25) is 9.59 Å². The van der Waals surface area contributed by atoms with Crippen molar-refractivity contribution in [3.63, 3.8) is 0 Å². The zero-order chi connectivity index (χ0) is 22.2. The van der Waals surface area contributed by atoms with Crippen LogP contribution >= 0.6 is 0 Å². The molecule has 2 aromatic rings. The van der Waals surface area contributed by atoms with Crippen molar-refractivity contribution in [1.29, 1.82) is 0 Å². The van der Waals surface area contributed by atoms with Crippen molar-refractivity contribution in [3.05, 3.63) is 53.6 Å². The highest BCUT2D eigenvalue weighted by Gasteiger charge is 2.25. The third-order valence-electron chi connectivity index (χ3n) is 4.59. The van der Waals surface area contributed by atoms with Crippen LogP contribution in [0.5, 0.6) is 17.2 Å². The van der Waals surface area contributed by atoms with E-state index in [0.717, 1.165) is 17.7 Å². The lowest BCUT2D eigenvalue weighted by Gasteiger charge is -2.20. The van der Waals surface area contributed by atoms with Gasteiger partial charge in [-0.25, -0.2) is 5.43 Å². The van der Waals surface area contributed by atoms with Gasteiger partial charge in [0.25, 0.3) is 11.8 Å². The number of ether oxygens (including phenoxy) is 3. The number of hydrogen-bond donors (Lipinski definition) is 2. The number of fused-ring (bicyclic) bond motifs is 1. The summed E-state index contributed by atoms with van der Waals surface area (Å²) >= 11 is 0. The minimum absolute atomic E-state index is 0.128. The number of carbonyl (C=O) groups is 2. The van der Waals surface area contributed by atoms with Gasteiger partial charge in [-0.2, -0.15) is 5.10 Å². The Bertz CT molecular complexity index is 958. The Morgan fingerprint density at radius 3 is 2.74 bits per heavy atom. The van der Waals surface area contributed by atoms with Crippen LogP contribution in [0.25, 0.3) is 0 Å². The highest BCUT2D eigenvalue weighted by molar-refractivity contribution is 5.98. The van der Waals surface area contributed by atoms with Crippen molar-refractivity contribution in [2.45, 2.75) is 33.2 Å². The summed E-state index contributed by atoms with van der Waals surface area (Å²) in [5.74, 6) is 0.920. The molecule has 1 aliphatic rings. The summed E-state index contributed by atoms with van der Waals surface area (Å²) in [5.41, 5.74) is 3.68. The second-order valence-corrected chi connectivity index (χ2v) is 7.42. The summed E-state index contributed by atoms with van der Waals surface area (Å²) in [6, 6.07) is 11.6. The van der Waals surface area contributed by atoms with E-state index in [1.807, 2.05) is 45.0 Å². The highest BCUT2D eigenvalue weighted by atomic mass is 16.7. The molecule has 1 aliphatic heterocycles. The van der Waals surface area contributed by atoms with Gasteiger partial charge in [-0.05, 0) is 48.2 Å². The number of nitrogens with one attached hydrogen (secondary N) is 2. The van der Waals surface area contributed by atoms with Crippen LogP contribution in [0, 0.1) is 5.92 Å². The molecule has 1 heterocycles. The lowest BCUT2D eigenvalue weighted by Crippen LogP contribution is -2.48. The highest BCUT2D eigenvalue weighted by Crippen LogP contribution is 2.32. The van der Waals surface area contributed by atoms with Gasteiger partial charge >= 0.3 is 0 Å². The van der Waals surface area contributed by atoms with Gasteiger partial charge in [0.1, 0.15) is 11.8 Å². The van der Waals surface area contributed by atoms with Gasteiger partial charge in [0, 0.05) is 5.56 Å². The maximum absolute atomic E-state index is 12.6. The lowest BCUT2D eigenvalue weighted by atomic mass is 10.0. The van der Waals surface area contributed by atoms with Crippen molar-refractivity contribution in [2.24, 2.45) is 11.0 Å². The molecule has 0 fully saturated rings. The first-order chi connectivity index (χ1) is 15.0. The van der Waals surface area contributed by atoms with Crippen LogP contribution in [-0.2, 0) is 4.79 Å². The van der Waals surface area contributed by atoms with Crippen LogP contribution in [-0.4, -0.2) is 37.5 Å². The predicted molar refractivity (Wildman–Crippen MR) is 117 cm³/mol. The number of amides is 2. The Hall–Kier alpha value is -3.55. The zero-order valence-corrected chi connectivity index (χ0v) is 17.9. The largest absolute Gasteiger partial charge is 0.494 e. The van der Waals surface area contributed by atoms with Crippen LogP contribution in [0.3, 0.4) is 0 Å². The Balaban J connectivity index is 1.60. The van der Waals surface area contributed by atoms with E-state index in [9.17, 15) is 9.59 Å². The summed E-state index contributed by atoms with van der Waals surface area (Å²) in [4.78, 5) is 25.3. The fourth-order valence-corrected chi connectivity index (χ4v) is 2.94. The molecule has 31 heavy (non-hydrogen) atoms. The summed E-state index contributed by atoms with van der Waals surface area (Å²) in [7, 11) is 0. The molecular weight excluding hydrogens is 398 g/mol. The van der Waals surface area contributed by atoms with E-state index in [-0.39, 0.29) is 18.6 Å². The average molecular weight is 425 g/mol. The van der Waals surface area contributed by atoms with Gasteiger partial charge in [-0.15, -0.1) is 0 Å². The third-order valence-corrected chi connectivity index (χ3v) is 4.59. The zero-order valence-electron chi connectivity index (χ0n) is 17.9. The third kappa shape index (κ3) is 5.97. The molecule has 3 rings (SSSR count). The molecule has 2 N–H and O–H groups in total. The molecule has 0 saturated heterocycles. The molecule has 8 nitrogen and oxygen atoms in total. The van der Waals surface area contributed by atoms with E-state index >= 15 is 0 Å². The summed E-state index contributed by atoms with van der Waals surface area (Å²) in [5, 5.41) is 6.79. The molecule has 0 radical (unpaired) electrons. The molecule has 1 atom stereocenters. The Morgan fingerprint density at radius 2 is 1.97 bits per heavy atom. The normalized spacial score (nSPS) is 13.3. The molecule has 0 saturated carbocycles. The van der Waals surface area contributed by atoms with E-state index in [1.54, 1.807) is 18.2 Å². The number of carbonyl (C=O) groups excluding carboxylic acids is 2. The van der Waals surface area contributed by atoms with Gasteiger partial charge < -0.3 is 19.5 Å². The monoisotopic (exact) mass is 425 g/mol. The summed E-state index contributed by atoms with van der Waals surface area (Å²) < 4.78 is 16.2. The van der Waals surface area contributed by atoms with E-state index in [2.05, 4.69) is 15.8 Å². The first-order valence-electron chi connectivity index (χ1n) is 10.2. The minimum Gasteiger partial charge on any atom is -0.494 e. The molecule has 2 aromatic carbocycles. The maximum Gasteiger partial charge on any atom is 0.262 e. The van der Waals surface area contributed by atoms with Crippen LogP contribution in [0.2, 0.25) is 0 Å². The van der Waals surface area contributed by atoms with Crippen molar-refractivity contribution >= 4 is 18.0 Å². The topological polar surface area (TPSA) is 98.2 Å². The van der Waals surface area contributed by atoms with Crippen molar-refractivity contribution in [3.8, 4) is 17.2 Å². The van der Waals surface area contributed by atoms with Crippen LogP contribution in [0.15, 0.2) is 47.6 Å². The smallest absolute Gasteiger partial charge is 0.262 e. The van der Waals surface area contributed by atoms with Crippen LogP contribution < -0.4 is 25.0 Å². The predicted octanol–water partition coefficient (Wildman–Crippen LogP) is 3.11. The maximum atomic E-state index is 12.6. The van der Waals surface area contributed by atoms with Gasteiger partial charge in [0.2, 0.25) is 6.79 Å². The van der Waals surface area contributed by atoms with Crippen molar-refractivity contribution < 1.29 is 23.8 Å². The second kappa shape index (κ2) is 10.5. The molecule has 0 spiro atoms. The molecule has 8 heteroatoms. The average Bonchev–Trinajstić information content (AvgIpc) is 3.23. The molecule has 0 aliphatic carbocycles. The van der Waals surface area contributed by atoms with Crippen molar-refractivity contribution in [2.75, 3.05) is 13.4 Å². The SMILES string of the molecule is CCCOc1cccc(C=NNC(=O)C(NC(=O)c2ccc3c(c2)OCO3)C(C)C)c1. The van der Waals surface area contributed by atoms with Crippen LogP contribution in [0.4, 0.5) is 0 Å². The molecule has 0 bridgehead atoms. The first-order valence-corrected chi connectivity index (χ1v) is 10.2. The second-order valence-electron chi connectivity index (χ2n) is 7.42. The quantitative estimate of drug-likeness (QED) is 0.475. The number of hydrogen-bond acceptors (Lipinski definition) is 6. The standard InChI is InChI=1S/C23H27N3O5/c1-4-10-29-18-7-5-6-16(11-18)13-24-26-23(28)21(15(2)3)25-22(27)17-8-9-19-20(12-17)31-14-30-19/h5-9,11-13,15,21H,4,10,14H2,1-3H3,(H,25,27)(H,26,28). The van der Waals surface area contributed by atoms with E-state index in [4.69, 9.17) is 14.2 Å². The van der Waals surface area contributed by atoms with Crippen molar-refractivity contribution in [1.82, 2.24) is 10.7 Å². The van der Waals surface area contributed by atoms with Gasteiger partial charge in [-0.1, -0.05) is 32.9 Å². The molecule has 164 valence electrons. The molecule has 1 unspecified atom stereocenters. The number of rotatable bonds is 9. The summed E-state index contributed by atoms with van der Waals surface area (Å²) in [6.07, 6.45) is 2.46. The molecular formula is C23H27N3O5. The lowest BCUT2D eigenvalue weighted by molar-refractivity contribution is -0.123. The van der Waals surface area contributed by atoms with Gasteiger partial charge in [0.15, 0.2) is 11.5 Å². The van der Waals surface area contributed by atoms with Gasteiger partial charge in [0.05, 0.1) is 12.8 Å². The molecule has 0 aromatic heterocycles. The number of benzene rings is 2. The Morgan fingerprint density at radius 1 is 1.16 bits per heavy atom. The fraction of sp³-hybridized carbons (Fsp3) is 0.348. The van der Waals surface area contributed by atoms with E-state index < -0.39 is 11.9 Å². The Labute approximate surface area is 181 Å². The van der Waals surface area contributed by atoms with Crippen LogP contribution in [0.1, 0.15) is 43.1 Å². The Kier molecular flexibility index (Phi) is 7.48. The van der Waals surface area contributed by atoms with E-state index in [0.29, 0.717) is 23.7 Å². The fourth-order valence-electron chi connectivity index (χ4n) is 2.94. The first kappa shape index (κ1) is 22.1. The summed E-state index contributed by atoms with van der Waals surface area (Å²) in [6.45, 7) is 6.50.